The molecule has 0 saturated carbocycles. The average Bonchev–Trinajstić information content (AvgIpc) is 2.87. The second-order valence-corrected chi connectivity index (χ2v) is 7.81. The Morgan fingerprint density at radius 2 is 1.89 bits per heavy atom. The first-order valence-corrected chi connectivity index (χ1v) is 9.75. The molecule has 0 aromatic heterocycles. The summed E-state index contributed by atoms with van der Waals surface area (Å²) in [6.07, 6.45) is 0.959. The van der Waals surface area contributed by atoms with E-state index in [1.54, 1.807) is 0 Å². The highest BCUT2D eigenvalue weighted by Gasteiger charge is 2.45. The van der Waals surface area contributed by atoms with Gasteiger partial charge in [0.25, 0.3) is 5.91 Å². The summed E-state index contributed by atoms with van der Waals surface area (Å²) in [4.78, 5) is 23.7. The predicted octanol–water partition coefficient (Wildman–Crippen LogP) is 0.450. The van der Waals surface area contributed by atoms with E-state index in [2.05, 4.69) is 20.7 Å². The van der Waals surface area contributed by atoms with Crippen molar-refractivity contribution in [3.63, 3.8) is 0 Å². The van der Waals surface area contributed by atoms with E-state index in [1.807, 2.05) is 6.92 Å². The molecular weight excluding hydrogens is 396 g/mol. The molecule has 1 aliphatic rings. The van der Waals surface area contributed by atoms with Crippen LogP contribution in [0.5, 0.6) is 5.75 Å². The Labute approximate surface area is 165 Å². The molecule has 1 heterocycles. The molecule has 1 aromatic rings. The van der Waals surface area contributed by atoms with Gasteiger partial charge in [-0.1, -0.05) is 6.92 Å². The number of hydrogen-bond donors (Lipinski definition) is 4. The van der Waals surface area contributed by atoms with Crippen molar-refractivity contribution < 1.29 is 22.7 Å². The number of amides is 3. The summed E-state index contributed by atoms with van der Waals surface area (Å²) in [5, 5.41) is 7.77. The van der Waals surface area contributed by atoms with E-state index in [0.29, 0.717) is 12.3 Å². The van der Waals surface area contributed by atoms with Crippen LogP contribution in [0.25, 0.3) is 0 Å². The number of sulfonamides is 1. The topological polar surface area (TPSA) is 126 Å². The number of carbonyl (C=O) groups excluding carboxylic acids is 2. The first kappa shape index (κ1) is 23.2. The van der Waals surface area contributed by atoms with Crippen molar-refractivity contribution in [2.45, 2.75) is 30.7 Å². The van der Waals surface area contributed by atoms with Crippen LogP contribution < -0.4 is 25.4 Å². The van der Waals surface area contributed by atoms with E-state index in [9.17, 15) is 18.0 Å². The molecule has 1 atom stereocenters. The molecule has 0 spiro atoms. The number of hydrogen-bond acceptors (Lipinski definition) is 6. The quantitative estimate of drug-likeness (QED) is 0.339. The first-order valence-electron chi connectivity index (χ1n) is 8.27. The van der Waals surface area contributed by atoms with Gasteiger partial charge >= 0.3 is 6.03 Å². The highest BCUT2D eigenvalue weighted by atomic mass is 35.5. The van der Waals surface area contributed by atoms with Gasteiger partial charge in [-0.25, -0.2) is 17.9 Å². The zero-order valence-electron chi connectivity index (χ0n) is 15.4. The first-order chi connectivity index (χ1) is 12.2. The lowest BCUT2D eigenvalue weighted by molar-refractivity contribution is -0.123. The van der Waals surface area contributed by atoms with Crippen LogP contribution in [0.4, 0.5) is 4.79 Å². The third-order valence-corrected chi connectivity index (χ3v) is 5.54. The van der Waals surface area contributed by atoms with Crippen LogP contribution in [0, 0.1) is 0 Å². The minimum Gasteiger partial charge on any atom is -0.496 e. The third kappa shape index (κ3) is 5.10. The number of imide groups is 1. The molecule has 1 saturated heterocycles. The summed E-state index contributed by atoms with van der Waals surface area (Å²) in [7, 11) is -2.37. The molecule has 1 aliphatic heterocycles. The zero-order valence-corrected chi connectivity index (χ0v) is 17.1. The monoisotopic (exact) mass is 420 g/mol. The second-order valence-electron chi connectivity index (χ2n) is 6.04. The van der Waals surface area contributed by atoms with Gasteiger partial charge < -0.3 is 15.4 Å². The maximum atomic E-state index is 12.5. The Hall–Kier alpha value is -1.88. The number of rotatable bonds is 9. The number of urea groups is 1. The van der Waals surface area contributed by atoms with Crippen LogP contribution in [0.3, 0.4) is 0 Å². The summed E-state index contributed by atoms with van der Waals surface area (Å²) in [6, 6.07) is 3.55. The molecule has 27 heavy (non-hydrogen) atoms. The number of halogens is 1. The largest absolute Gasteiger partial charge is 0.496 e. The maximum absolute atomic E-state index is 12.5. The molecule has 11 heteroatoms. The van der Waals surface area contributed by atoms with E-state index in [1.165, 1.54) is 32.2 Å². The molecule has 9 nitrogen and oxygen atoms in total. The minimum atomic E-state index is -3.77. The molecule has 2 rings (SSSR count). The molecule has 3 amide bonds. The number of benzene rings is 1. The van der Waals surface area contributed by atoms with Gasteiger partial charge in [0.1, 0.15) is 11.3 Å². The highest BCUT2D eigenvalue weighted by molar-refractivity contribution is 7.89. The van der Waals surface area contributed by atoms with Crippen molar-refractivity contribution in [2.24, 2.45) is 0 Å². The van der Waals surface area contributed by atoms with E-state index >= 15 is 0 Å². The fourth-order valence-corrected chi connectivity index (χ4v) is 3.69. The summed E-state index contributed by atoms with van der Waals surface area (Å²) >= 11 is 0. The number of nitrogens with one attached hydrogen (secondary N) is 4. The van der Waals surface area contributed by atoms with Gasteiger partial charge in [-0.05, 0) is 38.1 Å². The molecule has 1 unspecified atom stereocenters. The van der Waals surface area contributed by atoms with Crippen LogP contribution >= 0.6 is 12.4 Å². The van der Waals surface area contributed by atoms with Gasteiger partial charge in [-0.15, -0.1) is 12.4 Å². The van der Waals surface area contributed by atoms with Crippen LogP contribution in [0.1, 0.15) is 25.8 Å². The Balaban J connectivity index is 0.00000364. The lowest BCUT2D eigenvalue weighted by Crippen LogP contribution is -2.41. The molecule has 0 radical (unpaired) electrons. The van der Waals surface area contributed by atoms with Crippen molar-refractivity contribution in [1.82, 2.24) is 20.7 Å². The summed E-state index contributed by atoms with van der Waals surface area (Å²) in [5.41, 5.74) is -1.16. The number of carbonyl (C=O) groups is 2. The van der Waals surface area contributed by atoms with Gasteiger partial charge in [0.2, 0.25) is 10.0 Å². The van der Waals surface area contributed by atoms with Crippen molar-refractivity contribution in [3.8, 4) is 5.75 Å². The normalized spacial score (nSPS) is 19.2. The molecule has 0 aliphatic carbocycles. The van der Waals surface area contributed by atoms with E-state index in [4.69, 9.17) is 4.74 Å². The van der Waals surface area contributed by atoms with Crippen LogP contribution in [0.2, 0.25) is 0 Å². The summed E-state index contributed by atoms with van der Waals surface area (Å²) < 4.78 is 32.8. The smallest absolute Gasteiger partial charge is 0.322 e. The minimum absolute atomic E-state index is 0. The highest BCUT2D eigenvalue weighted by Crippen LogP contribution is 2.34. The third-order valence-electron chi connectivity index (χ3n) is 4.09. The molecule has 1 fully saturated rings. The number of methoxy groups -OCH3 is 1. The van der Waals surface area contributed by atoms with Crippen molar-refractivity contribution >= 4 is 34.4 Å². The second kappa shape index (κ2) is 9.36. The van der Waals surface area contributed by atoms with Crippen LogP contribution in [-0.4, -0.2) is 47.1 Å². The predicted molar refractivity (Wildman–Crippen MR) is 103 cm³/mol. The summed E-state index contributed by atoms with van der Waals surface area (Å²) in [6.45, 7) is 5.06. The van der Waals surface area contributed by atoms with Gasteiger partial charge in [0.05, 0.1) is 12.0 Å². The number of ether oxygens (including phenoxy) is 1. The summed E-state index contributed by atoms with van der Waals surface area (Å²) in [5.74, 6) is -0.277. The van der Waals surface area contributed by atoms with Gasteiger partial charge in [0.15, 0.2) is 0 Å². The Morgan fingerprint density at radius 1 is 1.19 bits per heavy atom. The Bertz CT molecular complexity index is 802. The molecule has 4 N–H and O–H groups in total. The van der Waals surface area contributed by atoms with Crippen LogP contribution in [0.15, 0.2) is 23.1 Å². The molecule has 1 aromatic carbocycles. The van der Waals surface area contributed by atoms with E-state index < -0.39 is 27.5 Å². The molecule has 152 valence electrons. The molecular formula is C16H25ClN4O5S. The maximum Gasteiger partial charge on any atom is 0.322 e. The van der Waals surface area contributed by atoms with Crippen molar-refractivity contribution in [2.75, 3.05) is 26.7 Å². The molecule has 0 bridgehead atoms. The van der Waals surface area contributed by atoms with E-state index in [-0.39, 0.29) is 29.4 Å². The van der Waals surface area contributed by atoms with Gasteiger partial charge in [0, 0.05) is 18.7 Å². The fourth-order valence-electron chi connectivity index (χ4n) is 2.64. The zero-order chi connectivity index (χ0) is 19.4. The standard InChI is InChI=1S/C16H24N4O5S.ClH/c1-4-7-17-8-9-18-26(23,24)11-5-6-13(25-3)12(10-11)16(2)14(21)19-15(22)20-16;/h5-6,10,17-18H,4,7-9H2,1-3H3,(H2,19,20,21,22);1H. The van der Waals surface area contributed by atoms with Crippen molar-refractivity contribution in [1.29, 1.82) is 0 Å². The lowest BCUT2D eigenvalue weighted by atomic mass is 9.91. The van der Waals surface area contributed by atoms with E-state index in [0.717, 1.165) is 13.0 Å². The Kier molecular flexibility index (Phi) is 8.03. The average molecular weight is 421 g/mol. The van der Waals surface area contributed by atoms with Gasteiger partial charge in [-0.3, -0.25) is 10.1 Å². The van der Waals surface area contributed by atoms with Crippen molar-refractivity contribution in [3.05, 3.63) is 23.8 Å². The Morgan fingerprint density at radius 3 is 2.44 bits per heavy atom. The fraction of sp³-hybridized carbons (Fsp3) is 0.500. The SMILES string of the molecule is CCCNCCNS(=O)(=O)c1ccc(OC)c(C2(C)NC(=O)NC2=O)c1.Cl. The van der Waals surface area contributed by atoms with Gasteiger partial charge in [-0.2, -0.15) is 0 Å². The van der Waals surface area contributed by atoms with Crippen LogP contribution in [-0.2, 0) is 20.4 Å². The lowest BCUT2D eigenvalue weighted by Gasteiger charge is -2.24.